The minimum atomic E-state index is 0.00400. The number of ketones is 1. The fourth-order valence-electron chi connectivity index (χ4n) is 7.09. The van der Waals surface area contributed by atoms with E-state index in [1.807, 2.05) is 6.08 Å². The summed E-state index contributed by atoms with van der Waals surface area (Å²) >= 11 is 0. The molecule has 0 aromatic rings. The van der Waals surface area contributed by atoms with Gasteiger partial charge in [0.15, 0.2) is 5.78 Å². The van der Waals surface area contributed by atoms with E-state index in [4.69, 9.17) is 4.74 Å². The van der Waals surface area contributed by atoms with E-state index < -0.39 is 0 Å². The van der Waals surface area contributed by atoms with E-state index in [1.54, 1.807) is 0 Å². The Morgan fingerprint density at radius 2 is 1.88 bits per heavy atom. The fraction of sp³-hybridized carbons (Fsp3) is 0.810. The van der Waals surface area contributed by atoms with Gasteiger partial charge >= 0.3 is 5.97 Å². The standard InChI is InChI=1S/C21H30O3/c1-20-10-8-14(22)12-13(20)4-5-15-16-6-7-18(19(23)24-3)21(16,2)11-9-17(15)20/h12,15-18H,4-11H2,1-3H3/t15-,16-,17-,18?,20-,21-/m0/s1. The van der Waals surface area contributed by atoms with Crippen LogP contribution in [0.3, 0.4) is 0 Å². The van der Waals surface area contributed by atoms with Gasteiger partial charge in [-0.25, -0.2) is 0 Å². The summed E-state index contributed by atoms with van der Waals surface area (Å²) in [5.74, 6) is 2.48. The topological polar surface area (TPSA) is 43.4 Å². The zero-order chi connectivity index (χ0) is 17.1. The second-order valence-corrected chi connectivity index (χ2v) is 9.17. The van der Waals surface area contributed by atoms with Crippen molar-refractivity contribution in [2.75, 3.05) is 7.11 Å². The Morgan fingerprint density at radius 1 is 1.08 bits per heavy atom. The second-order valence-electron chi connectivity index (χ2n) is 9.17. The van der Waals surface area contributed by atoms with E-state index in [2.05, 4.69) is 13.8 Å². The maximum Gasteiger partial charge on any atom is 0.309 e. The smallest absolute Gasteiger partial charge is 0.309 e. The molecule has 0 aliphatic heterocycles. The summed E-state index contributed by atoms with van der Waals surface area (Å²) < 4.78 is 5.12. The van der Waals surface area contributed by atoms with E-state index in [9.17, 15) is 9.59 Å². The Bertz CT molecular complexity index is 606. The molecule has 0 aromatic heterocycles. The van der Waals surface area contributed by atoms with Crippen molar-refractivity contribution >= 4 is 11.8 Å². The molecule has 0 bridgehead atoms. The van der Waals surface area contributed by atoms with Crippen LogP contribution in [0, 0.1) is 34.5 Å². The monoisotopic (exact) mass is 330 g/mol. The highest BCUT2D eigenvalue weighted by atomic mass is 16.5. The molecular weight excluding hydrogens is 300 g/mol. The number of hydrogen-bond donors (Lipinski definition) is 0. The van der Waals surface area contributed by atoms with Crippen LogP contribution in [0.25, 0.3) is 0 Å². The lowest BCUT2D eigenvalue weighted by molar-refractivity contribution is -0.152. The van der Waals surface area contributed by atoms with Crippen LogP contribution in [0.5, 0.6) is 0 Å². The maximum absolute atomic E-state index is 12.3. The molecule has 3 saturated carbocycles. The molecule has 0 radical (unpaired) electrons. The number of esters is 1. The Morgan fingerprint density at radius 3 is 2.62 bits per heavy atom. The Hall–Kier alpha value is -1.12. The quantitative estimate of drug-likeness (QED) is 0.673. The summed E-state index contributed by atoms with van der Waals surface area (Å²) in [6.45, 7) is 4.76. The number of hydrogen-bond acceptors (Lipinski definition) is 3. The van der Waals surface area contributed by atoms with Crippen molar-refractivity contribution in [3.05, 3.63) is 11.6 Å². The fourth-order valence-corrected chi connectivity index (χ4v) is 7.09. The minimum Gasteiger partial charge on any atom is -0.469 e. The predicted molar refractivity (Wildman–Crippen MR) is 92.2 cm³/mol. The number of rotatable bonds is 1. The van der Waals surface area contributed by atoms with Crippen molar-refractivity contribution in [1.82, 2.24) is 0 Å². The molecular formula is C21H30O3. The van der Waals surface area contributed by atoms with E-state index in [1.165, 1.54) is 31.9 Å². The summed E-state index contributed by atoms with van der Waals surface area (Å²) in [6, 6.07) is 0. The number of allylic oxidation sites excluding steroid dienone is 1. The predicted octanol–water partition coefficient (Wildman–Crippen LogP) is 4.31. The molecule has 1 unspecified atom stereocenters. The first-order valence-corrected chi connectivity index (χ1v) is 9.72. The summed E-state index contributed by atoms with van der Waals surface area (Å²) in [5, 5.41) is 0. The molecule has 3 heteroatoms. The molecule has 3 nitrogen and oxygen atoms in total. The highest BCUT2D eigenvalue weighted by Crippen LogP contribution is 2.66. The zero-order valence-electron chi connectivity index (χ0n) is 15.3. The number of methoxy groups -OCH3 is 1. The van der Waals surface area contributed by atoms with Crippen LogP contribution >= 0.6 is 0 Å². The van der Waals surface area contributed by atoms with Crippen LogP contribution in [-0.4, -0.2) is 18.9 Å². The first-order valence-electron chi connectivity index (χ1n) is 9.72. The van der Waals surface area contributed by atoms with Gasteiger partial charge in [0.05, 0.1) is 13.0 Å². The second kappa shape index (κ2) is 5.44. The van der Waals surface area contributed by atoms with Gasteiger partial charge in [0, 0.05) is 6.42 Å². The van der Waals surface area contributed by atoms with E-state index in [0.717, 1.165) is 32.1 Å². The molecule has 0 heterocycles. The van der Waals surface area contributed by atoms with Gasteiger partial charge in [-0.1, -0.05) is 19.4 Å². The lowest BCUT2D eigenvalue weighted by atomic mass is 9.47. The number of carbonyl (C=O) groups is 2. The Kier molecular flexibility index (Phi) is 3.71. The minimum absolute atomic E-state index is 0.00400. The molecule has 0 saturated heterocycles. The molecule has 4 aliphatic rings. The van der Waals surface area contributed by atoms with Gasteiger partial charge in [0.1, 0.15) is 0 Å². The lowest BCUT2D eigenvalue weighted by Crippen LogP contribution is -2.51. The largest absolute Gasteiger partial charge is 0.469 e. The summed E-state index contributed by atoms with van der Waals surface area (Å²) in [4.78, 5) is 24.2. The van der Waals surface area contributed by atoms with Gasteiger partial charge in [0.25, 0.3) is 0 Å². The third-order valence-corrected chi connectivity index (χ3v) is 8.45. The van der Waals surface area contributed by atoms with Crippen LogP contribution in [0.1, 0.15) is 65.2 Å². The van der Waals surface area contributed by atoms with Gasteiger partial charge in [-0.2, -0.15) is 0 Å². The average molecular weight is 330 g/mol. The SMILES string of the molecule is COC(=O)C1CC[C@H]2[C@@H]3CCC4=CC(=O)CC[C@]4(C)[C@H]3CC[C@]12C. The van der Waals surface area contributed by atoms with E-state index in [0.29, 0.717) is 23.5 Å². The lowest BCUT2D eigenvalue weighted by Gasteiger charge is -2.57. The molecule has 24 heavy (non-hydrogen) atoms. The highest BCUT2D eigenvalue weighted by molar-refractivity contribution is 5.91. The van der Waals surface area contributed by atoms with Gasteiger partial charge in [0.2, 0.25) is 0 Å². The van der Waals surface area contributed by atoms with Crippen LogP contribution < -0.4 is 0 Å². The van der Waals surface area contributed by atoms with Crippen molar-refractivity contribution in [2.45, 2.75) is 65.2 Å². The van der Waals surface area contributed by atoms with E-state index >= 15 is 0 Å². The van der Waals surface area contributed by atoms with Gasteiger partial charge in [-0.15, -0.1) is 0 Å². The number of carbonyl (C=O) groups excluding carboxylic acids is 2. The zero-order valence-corrected chi connectivity index (χ0v) is 15.3. The van der Waals surface area contributed by atoms with Crippen molar-refractivity contribution in [3.63, 3.8) is 0 Å². The molecule has 0 spiro atoms. The highest BCUT2D eigenvalue weighted by Gasteiger charge is 2.60. The number of fused-ring (bicyclic) bond motifs is 5. The molecule has 0 N–H and O–H groups in total. The molecule has 0 aromatic carbocycles. The Labute approximate surface area is 145 Å². The van der Waals surface area contributed by atoms with Crippen molar-refractivity contribution in [2.24, 2.45) is 34.5 Å². The molecule has 4 rings (SSSR count). The Balaban J connectivity index is 1.65. The third kappa shape index (κ3) is 2.09. The molecule has 6 atom stereocenters. The average Bonchev–Trinajstić information content (AvgIpc) is 2.92. The van der Waals surface area contributed by atoms with Gasteiger partial charge in [-0.05, 0) is 79.6 Å². The summed E-state index contributed by atoms with van der Waals surface area (Å²) in [7, 11) is 1.53. The third-order valence-electron chi connectivity index (χ3n) is 8.45. The van der Waals surface area contributed by atoms with Crippen molar-refractivity contribution in [1.29, 1.82) is 0 Å². The van der Waals surface area contributed by atoms with Gasteiger partial charge in [-0.3, -0.25) is 9.59 Å². The first-order chi connectivity index (χ1) is 11.4. The van der Waals surface area contributed by atoms with Crippen LogP contribution in [0.15, 0.2) is 11.6 Å². The van der Waals surface area contributed by atoms with Gasteiger partial charge < -0.3 is 4.74 Å². The van der Waals surface area contributed by atoms with Crippen LogP contribution in [0.2, 0.25) is 0 Å². The first kappa shape index (κ1) is 16.4. The van der Waals surface area contributed by atoms with Crippen molar-refractivity contribution < 1.29 is 14.3 Å². The van der Waals surface area contributed by atoms with Crippen LogP contribution in [0.4, 0.5) is 0 Å². The molecule has 132 valence electrons. The maximum atomic E-state index is 12.3. The molecule has 0 amide bonds. The number of ether oxygens (including phenoxy) is 1. The summed E-state index contributed by atoms with van der Waals surface area (Å²) in [6.07, 6.45) is 10.5. The van der Waals surface area contributed by atoms with E-state index in [-0.39, 0.29) is 22.7 Å². The van der Waals surface area contributed by atoms with Crippen molar-refractivity contribution in [3.8, 4) is 0 Å². The normalized spacial score (nSPS) is 47.3. The van der Waals surface area contributed by atoms with Crippen LogP contribution in [-0.2, 0) is 14.3 Å². The molecule has 3 fully saturated rings. The summed E-state index contributed by atoms with van der Waals surface area (Å²) in [5.41, 5.74) is 1.77. The molecule has 4 aliphatic carbocycles.